The Hall–Kier alpha value is -1.90. The van der Waals surface area contributed by atoms with E-state index in [0.717, 1.165) is 43.7 Å². The van der Waals surface area contributed by atoms with Crippen LogP contribution < -0.4 is 0 Å². The second-order valence-electron chi connectivity index (χ2n) is 6.57. The van der Waals surface area contributed by atoms with E-state index < -0.39 is 6.04 Å². The summed E-state index contributed by atoms with van der Waals surface area (Å²) >= 11 is 0. The minimum atomic E-state index is -0.452. The highest BCUT2D eigenvalue weighted by Gasteiger charge is 2.36. The molecule has 0 saturated carbocycles. The maximum Gasteiger partial charge on any atom is 0.255 e. The Morgan fingerprint density at radius 2 is 1.96 bits per heavy atom. The van der Waals surface area contributed by atoms with Crippen LogP contribution in [0.2, 0.25) is 0 Å². The van der Waals surface area contributed by atoms with Gasteiger partial charge in [-0.2, -0.15) is 5.26 Å². The molecule has 1 atom stereocenters. The number of hydrogen-bond donors (Lipinski definition) is 0. The summed E-state index contributed by atoms with van der Waals surface area (Å²) in [4.78, 5) is 18.8. The molecular formula is C19H28N4O. The Balaban J connectivity index is 2.12. The molecule has 1 aromatic carbocycles. The molecule has 130 valence electrons. The number of carbonyl (C=O) groups excluding carboxylic acids is 1. The van der Waals surface area contributed by atoms with E-state index in [1.807, 2.05) is 32.3 Å². The third kappa shape index (κ3) is 3.95. The van der Waals surface area contributed by atoms with Crippen LogP contribution in [-0.4, -0.2) is 60.9 Å². The lowest BCUT2D eigenvalue weighted by Gasteiger charge is -2.23. The van der Waals surface area contributed by atoms with Gasteiger partial charge in [0.05, 0.1) is 6.07 Å². The van der Waals surface area contributed by atoms with Crippen LogP contribution in [0.1, 0.15) is 47.8 Å². The molecule has 1 aliphatic heterocycles. The van der Waals surface area contributed by atoms with Gasteiger partial charge in [-0.3, -0.25) is 4.79 Å². The molecule has 0 fully saturated rings. The first-order valence-electron chi connectivity index (χ1n) is 8.72. The number of rotatable bonds is 8. The summed E-state index contributed by atoms with van der Waals surface area (Å²) < 4.78 is 0. The van der Waals surface area contributed by atoms with Crippen molar-refractivity contribution in [2.24, 2.45) is 0 Å². The molecule has 0 bridgehead atoms. The fraction of sp³-hybridized carbons (Fsp3) is 0.579. The second-order valence-corrected chi connectivity index (χ2v) is 6.57. The maximum absolute atomic E-state index is 12.7. The average Bonchev–Trinajstić information content (AvgIpc) is 2.82. The zero-order valence-electron chi connectivity index (χ0n) is 15.2. The third-order valence-corrected chi connectivity index (χ3v) is 4.60. The van der Waals surface area contributed by atoms with Gasteiger partial charge < -0.3 is 14.7 Å². The summed E-state index contributed by atoms with van der Waals surface area (Å²) in [5.74, 6) is -0.00694. The summed E-state index contributed by atoms with van der Waals surface area (Å²) in [6.07, 6.45) is 0.893. The van der Waals surface area contributed by atoms with Crippen molar-refractivity contribution in [2.75, 3.05) is 40.3 Å². The first-order chi connectivity index (χ1) is 11.5. The van der Waals surface area contributed by atoms with Crippen molar-refractivity contribution in [3.63, 3.8) is 0 Å². The number of carbonyl (C=O) groups is 1. The standard InChI is InChI=1S/C19H28N4O/c1-5-22(6-2)10-7-11-23-18(13-20)17-12-15(14-21(3)4)8-9-16(17)19(23)24/h8-9,12,18H,5-7,10-11,14H2,1-4H3. The van der Waals surface area contributed by atoms with Crippen molar-refractivity contribution in [3.05, 3.63) is 34.9 Å². The molecule has 24 heavy (non-hydrogen) atoms. The minimum absolute atomic E-state index is 0.00694. The molecule has 0 spiro atoms. The summed E-state index contributed by atoms with van der Waals surface area (Å²) in [7, 11) is 4.03. The van der Waals surface area contributed by atoms with Gasteiger partial charge in [0.1, 0.15) is 6.04 Å². The maximum atomic E-state index is 12.7. The van der Waals surface area contributed by atoms with Gasteiger partial charge in [0.25, 0.3) is 5.91 Å². The minimum Gasteiger partial charge on any atom is -0.318 e. The molecular weight excluding hydrogens is 300 g/mol. The monoisotopic (exact) mass is 328 g/mol. The molecule has 0 radical (unpaired) electrons. The predicted molar refractivity (Wildman–Crippen MR) is 95.6 cm³/mol. The van der Waals surface area contributed by atoms with Crippen molar-refractivity contribution in [3.8, 4) is 6.07 Å². The lowest BCUT2D eigenvalue weighted by molar-refractivity contribution is 0.0750. The topological polar surface area (TPSA) is 50.6 Å². The van der Waals surface area contributed by atoms with E-state index in [-0.39, 0.29) is 5.91 Å². The van der Waals surface area contributed by atoms with Gasteiger partial charge in [-0.25, -0.2) is 0 Å². The van der Waals surface area contributed by atoms with Crippen LogP contribution in [0.25, 0.3) is 0 Å². The lowest BCUT2D eigenvalue weighted by atomic mass is 10.0. The number of benzene rings is 1. The molecule has 1 aliphatic rings. The average molecular weight is 328 g/mol. The summed E-state index contributed by atoms with van der Waals surface area (Å²) in [6, 6.07) is 7.76. The normalized spacial score (nSPS) is 16.8. The van der Waals surface area contributed by atoms with E-state index in [0.29, 0.717) is 12.1 Å². The highest BCUT2D eigenvalue weighted by Crippen LogP contribution is 2.34. The SMILES string of the molecule is CCN(CC)CCCN1C(=O)c2ccc(CN(C)C)cc2C1C#N. The molecule has 1 heterocycles. The van der Waals surface area contributed by atoms with Crippen LogP contribution in [0.15, 0.2) is 18.2 Å². The number of nitriles is 1. The quantitative estimate of drug-likeness (QED) is 0.736. The lowest BCUT2D eigenvalue weighted by Crippen LogP contribution is -2.32. The van der Waals surface area contributed by atoms with Crippen LogP contribution in [0.3, 0.4) is 0 Å². The van der Waals surface area contributed by atoms with Crippen LogP contribution in [0, 0.1) is 11.3 Å². The Kier molecular flexibility index (Phi) is 6.36. The fourth-order valence-electron chi connectivity index (χ4n) is 3.31. The fourth-order valence-corrected chi connectivity index (χ4v) is 3.31. The van der Waals surface area contributed by atoms with Crippen molar-refractivity contribution in [2.45, 2.75) is 32.9 Å². The number of fused-ring (bicyclic) bond motifs is 1. The zero-order chi connectivity index (χ0) is 17.7. The number of hydrogen-bond acceptors (Lipinski definition) is 4. The molecule has 5 heteroatoms. The first kappa shape index (κ1) is 18.4. The summed E-state index contributed by atoms with van der Waals surface area (Å²) in [5, 5.41) is 9.61. The largest absolute Gasteiger partial charge is 0.318 e. The molecule has 0 aromatic heterocycles. The van der Waals surface area contributed by atoms with E-state index >= 15 is 0 Å². The highest BCUT2D eigenvalue weighted by molar-refractivity contribution is 5.99. The van der Waals surface area contributed by atoms with E-state index in [9.17, 15) is 10.1 Å². The smallest absolute Gasteiger partial charge is 0.255 e. The second kappa shape index (κ2) is 8.27. The first-order valence-corrected chi connectivity index (χ1v) is 8.72. The van der Waals surface area contributed by atoms with Crippen LogP contribution >= 0.6 is 0 Å². The molecule has 2 rings (SSSR count). The Bertz CT molecular complexity index is 616. The molecule has 0 saturated heterocycles. The van der Waals surface area contributed by atoms with Crippen LogP contribution in [0.5, 0.6) is 0 Å². The van der Waals surface area contributed by atoms with Gasteiger partial charge in [-0.1, -0.05) is 26.0 Å². The van der Waals surface area contributed by atoms with Gasteiger partial charge in [-0.05, 0) is 51.8 Å². The van der Waals surface area contributed by atoms with Crippen molar-refractivity contribution >= 4 is 5.91 Å². The van der Waals surface area contributed by atoms with Gasteiger partial charge in [0.2, 0.25) is 0 Å². The van der Waals surface area contributed by atoms with Gasteiger partial charge in [-0.15, -0.1) is 0 Å². The third-order valence-electron chi connectivity index (χ3n) is 4.60. The molecule has 1 aromatic rings. The molecule has 5 nitrogen and oxygen atoms in total. The van der Waals surface area contributed by atoms with E-state index in [1.54, 1.807) is 4.90 Å². The van der Waals surface area contributed by atoms with Crippen molar-refractivity contribution in [1.82, 2.24) is 14.7 Å². The van der Waals surface area contributed by atoms with E-state index in [2.05, 4.69) is 29.7 Å². The van der Waals surface area contributed by atoms with Crippen molar-refractivity contribution < 1.29 is 4.79 Å². The van der Waals surface area contributed by atoms with Crippen LogP contribution in [-0.2, 0) is 6.54 Å². The molecule has 0 aliphatic carbocycles. The van der Waals surface area contributed by atoms with E-state index in [4.69, 9.17) is 0 Å². The highest BCUT2D eigenvalue weighted by atomic mass is 16.2. The van der Waals surface area contributed by atoms with E-state index in [1.165, 1.54) is 0 Å². The zero-order valence-corrected chi connectivity index (χ0v) is 15.2. The summed E-state index contributed by atoms with van der Waals surface area (Å²) in [6.45, 7) is 8.71. The summed E-state index contributed by atoms with van der Waals surface area (Å²) in [5.41, 5.74) is 2.69. The Morgan fingerprint density at radius 1 is 1.25 bits per heavy atom. The van der Waals surface area contributed by atoms with Crippen LogP contribution in [0.4, 0.5) is 0 Å². The predicted octanol–water partition coefficient (Wildman–Crippen LogP) is 2.50. The molecule has 0 N–H and O–H groups in total. The Morgan fingerprint density at radius 3 is 2.54 bits per heavy atom. The number of nitrogens with zero attached hydrogens (tertiary/aromatic N) is 4. The number of amides is 1. The Labute approximate surface area is 145 Å². The molecule has 1 amide bonds. The van der Waals surface area contributed by atoms with Gasteiger partial charge in [0.15, 0.2) is 0 Å². The van der Waals surface area contributed by atoms with Gasteiger partial charge in [0, 0.05) is 24.2 Å². The molecule has 1 unspecified atom stereocenters. The van der Waals surface area contributed by atoms with Gasteiger partial charge >= 0.3 is 0 Å². The van der Waals surface area contributed by atoms with Crippen molar-refractivity contribution in [1.29, 1.82) is 5.26 Å².